The van der Waals surface area contributed by atoms with Crippen molar-refractivity contribution in [2.75, 3.05) is 11.5 Å². The first-order valence-electron chi connectivity index (χ1n) is 10.6. The van der Waals surface area contributed by atoms with Crippen LogP contribution < -0.4 is 9.64 Å². The van der Waals surface area contributed by atoms with Gasteiger partial charge in [-0.15, -0.1) is 0 Å². The number of halogens is 1. The Labute approximate surface area is 191 Å². The van der Waals surface area contributed by atoms with Crippen LogP contribution in [-0.2, 0) is 9.59 Å². The van der Waals surface area contributed by atoms with Gasteiger partial charge in [0, 0.05) is 17.4 Å². The van der Waals surface area contributed by atoms with Gasteiger partial charge in [-0.3, -0.25) is 19.5 Å². The second-order valence-electron chi connectivity index (χ2n) is 8.13. The molecule has 0 saturated carbocycles. The van der Waals surface area contributed by atoms with E-state index in [1.54, 1.807) is 48.7 Å². The Kier molecular flexibility index (Phi) is 6.22. The van der Waals surface area contributed by atoms with Gasteiger partial charge < -0.3 is 9.84 Å². The minimum absolute atomic E-state index is 0.0935. The topological polar surface area (TPSA) is 79.7 Å². The lowest BCUT2D eigenvalue weighted by Gasteiger charge is -2.24. The molecule has 1 unspecified atom stereocenters. The third-order valence-electron chi connectivity index (χ3n) is 5.21. The maximum Gasteiger partial charge on any atom is 0.300 e. The van der Waals surface area contributed by atoms with Crippen molar-refractivity contribution in [1.29, 1.82) is 0 Å². The monoisotopic (exact) mass is 446 g/mol. The number of hydrogen-bond donors (Lipinski definition) is 1. The second kappa shape index (κ2) is 9.24. The molecule has 2 aromatic carbocycles. The standard InChI is InChI=1S/C26H23FN2O4/c1-16(2)15-33-20-7-5-6-17(14-20)24(30)22-23(21-8-3-4-13-28-21)29(26(32)25(22)31)19-11-9-18(27)10-12-19/h3-14,16,23,30H,15H2,1-2H3/b24-22-. The molecule has 6 nitrogen and oxygen atoms in total. The van der Waals surface area contributed by atoms with Gasteiger partial charge in [0.05, 0.1) is 17.9 Å². The number of aromatic nitrogens is 1. The highest BCUT2D eigenvalue weighted by molar-refractivity contribution is 6.51. The molecule has 1 amide bonds. The number of carbonyl (C=O) groups excluding carboxylic acids is 2. The van der Waals surface area contributed by atoms with Gasteiger partial charge in [0.2, 0.25) is 0 Å². The Hall–Kier alpha value is -4.00. The summed E-state index contributed by atoms with van der Waals surface area (Å²) in [6, 6.07) is 16.1. The summed E-state index contributed by atoms with van der Waals surface area (Å²) < 4.78 is 19.2. The van der Waals surface area contributed by atoms with E-state index in [9.17, 15) is 19.1 Å². The number of aliphatic hydroxyl groups is 1. The fourth-order valence-electron chi connectivity index (χ4n) is 3.67. The highest BCUT2D eigenvalue weighted by atomic mass is 19.1. The van der Waals surface area contributed by atoms with Crippen LogP contribution in [0, 0.1) is 11.7 Å². The first-order chi connectivity index (χ1) is 15.9. The predicted molar refractivity (Wildman–Crippen MR) is 122 cm³/mol. The maximum atomic E-state index is 13.5. The van der Waals surface area contributed by atoms with Gasteiger partial charge in [0.15, 0.2) is 0 Å². The zero-order valence-corrected chi connectivity index (χ0v) is 18.2. The summed E-state index contributed by atoms with van der Waals surface area (Å²) in [6.07, 6.45) is 1.54. The molecule has 2 heterocycles. The van der Waals surface area contributed by atoms with Crippen molar-refractivity contribution in [2.45, 2.75) is 19.9 Å². The normalized spacial score (nSPS) is 17.6. The first kappa shape index (κ1) is 22.2. The van der Waals surface area contributed by atoms with Crippen molar-refractivity contribution in [3.63, 3.8) is 0 Å². The Morgan fingerprint density at radius 2 is 1.85 bits per heavy atom. The lowest BCUT2D eigenvalue weighted by molar-refractivity contribution is -0.132. The highest BCUT2D eigenvalue weighted by Gasteiger charge is 2.47. The average molecular weight is 446 g/mol. The highest BCUT2D eigenvalue weighted by Crippen LogP contribution is 2.41. The number of nitrogens with zero attached hydrogens (tertiary/aromatic N) is 2. The molecule has 1 aliphatic rings. The van der Waals surface area contributed by atoms with Gasteiger partial charge in [-0.2, -0.15) is 0 Å². The van der Waals surface area contributed by atoms with E-state index in [1.165, 1.54) is 29.2 Å². The van der Waals surface area contributed by atoms with Gasteiger partial charge in [-0.1, -0.05) is 32.0 Å². The number of pyridine rings is 1. The van der Waals surface area contributed by atoms with Crippen LogP contribution >= 0.6 is 0 Å². The van der Waals surface area contributed by atoms with Gasteiger partial charge in [0.25, 0.3) is 11.7 Å². The molecule has 1 atom stereocenters. The molecule has 0 bridgehead atoms. The molecular formula is C26H23FN2O4. The maximum absolute atomic E-state index is 13.5. The lowest BCUT2D eigenvalue weighted by atomic mass is 9.98. The van der Waals surface area contributed by atoms with Gasteiger partial charge in [0.1, 0.15) is 23.4 Å². The number of Topliss-reactive ketones (excluding diaryl/α,β-unsaturated/α-hetero) is 1. The average Bonchev–Trinajstić information content (AvgIpc) is 3.09. The SMILES string of the molecule is CC(C)COc1cccc(/C(O)=C2/C(=O)C(=O)N(c3ccc(F)cc3)C2c2ccccn2)c1. The number of hydrogen-bond acceptors (Lipinski definition) is 5. The largest absolute Gasteiger partial charge is 0.507 e. The number of carbonyl (C=O) groups is 2. The van der Waals surface area contributed by atoms with Crippen LogP contribution in [0.3, 0.4) is 0 Å². The van der Waals surface area contributed by atoms with Crippen molar-refractivity contribution >= 4 is 23.1 Å². The van der Waals surface area contributed by atoms with Crippen LogP contribution in [0.1, 0.15) is 31.1 Å². The number of aliphatic hydroxyl groups excluding tert-OH is 1. The zero-order valence-electron chi connectivity index (χ0n) is 18.2. The van der Waals surface area contributed by atoms with Crippen LogP contribution in [0.25, 0.3) is 5.76 Å². The van der Waals surface area contributed by atoms with Gasteiger partial charge >= 0.3 is 0 Å². The number of ether oxygens (including phenoxy) is 1. The van der Waals surface area contributed by atoms with Crippen LogP contribution in [0.15, 0.2) is 78.5 Å². The molecule has 0 spiro atoms. The van der Waals surface area contributed by atoms with Crippen molar-refractivity contribution < 1.29 is 23.8 Å². The molecule has 1 saturated heterocycles. The number of ketones is 1. The Morgan fingerprint density at radius 1 is 1.09 bits per heavy atom. The third kappa shape index (κ3) is 4.48. The van der Waals surface area contributed by atoms with Crippen LogP contribution in [0.2, 0.25) is 0 Å². The molecule has 0 radical (unpaired) electrons. The number of anilines is 1. The van der Waals surface area contributed by atoms with E-state index in [-0.39, 0.29) is 11.3 Å². The minimum Gasteiger partial charge on any atom is -0.507 e. The molecule has 0 aliphatic carbocycles. The van der Waals surface area contributed by atoms with E-state index in [0.717, 1.165) is 0 Å². The lowest BCUT2D eigenvalue weighted by Crippen LogP contribution is -2.29. The third-order valence-corrected chi connectivity index (χ3v) is 5.21. The number of benzene rings is 2. The molecule has 1 aliphatic heterocycles. The minimum atomic E-state index is -0.975. The molecule has 1 fully saturated rings. The number of rotatable bonds is 6. The fraction of sp³-hybridized carbons (Fsp3) is 0.192. The molecule has 1 aromatic heterocycles. The van der Waals surface area contributed by atoms with Gasteiger partial charge in [-0.05, 0) is 54.4 Å². The summed E-state index contributed by atoms with van der Waals surface area (Å²) >= 11 is 0. The Bertz CT molecular complexity index is 1210. The van der Waals surface area contributed by atoms with E-state index in [4.69, 9.17) is 4.74 Å². The summed E-state index contributed by atoms with van der Waals surface area (Å²) in [7, 11) is 0. The van der Waals surface area contributed by atoms with Crippen LogP contribution in [0.5, 0.6) is 5.75 Å². The van der Waals surface area contributed by atoms with Crippen molar-refractivity contribution in [3.8, 4) is 5.75 Å². The van der Waals surface area contributed by atoms with Gasteiger partial charge in [-0.25, -0.2) is 4.39 Å². The summed E-state index contributed by atoms with van der Waals surface area (Å²) in [5.74, 6) is -1.62. The molecular weight excluding hydrogens is 423 g/mol. The van der Waals surface area contributed by atoms with Crippen molar-refractivity contribution in [1.82, 2.24) is 4.98 Å². The van der Waals surface area contributed by atoms with E-state index in [2.05, 4.69) is 4.98 Å². The predicted octanol–water partition coefficient (Wildman–Crippen LogP) is 4.88. The van der Waals surface area contributed by atoms with E-state index < -0.39 is 23.5 Å². The molecule has 7 heteroatoms. The smallest absolute Gasteiger partial charge is 0.300 e. The van der Waals surface area contributed by atoms with E-state index in [1.807, 2.05) is 13.8 Å². The van der Waals surface area contributed by atoms with Crippen LogP contribution in [0.4, 0.5) is 10.1 Å². The molecule has 168 valence electrons. The molecule has 33 heavy (non-hydrogen) atoms. The van der Waals surface area contributed by atoms with Crippen molar-refractivity contribution in [2.24, 2.45) is 5.92 Å². The fourth-order valence-corrected chi connectivity index (χ4v) is 3.67. The summed E-state index contributed by atoms with van der Waals surface area (Å²) in [5, 5.41) is 11.2. The molecule has 3 aromatic rings. The summed E-state index contributed by atoms with van der Waals surface area (Å²) in [5.41, 5.74) is 0.968. The molecule has 4 rings (SSSR count). The zero-order chi connectivity index (χ0) is 23.5. The van der Waals surface area contributed by atoms with Crippen LogP contribution in [-0.4, -0.2) is 28.4 Å². The number of amides is 1. The first-order valence-corrected chi connectivity index (χ1v) is 10.6. The Morgan fingerprint density at radius 3 is 2.52 bits per heavy atom. The van der Waals surface area contributed by atoms with E-state index >= 15 is 0 Å². The molecule has 1 N–H and O–H groups in total. The Balaban J connectivity index is 1.84. The van der Waals surface area contributed by atoms with Crippen molar-refractivity contribution in [3.05, 3.63) is 95.6 Å². The summed E-state index contributed by atoms with van der Waals surface area (Å²) in [4.78, 5) is 31.7. The quantitative estimate of drug-likeness (QED) is 0.332. The van der Waals surface area contributed by atoms with E-state index in [0.29, 0.717) is 35.2 Å². The summed E-state index contributed by atoms with van der Waals surface area (Å²) in [6.45, 7) is 4.54. The second-order valence-corrected chi connectivity index (χ2v) is 8.13.